The van der Waals surface area contributed by atoms with Crippen molar-refractivity contribution in [1.82, 2.24) is 4.90 Å². The maximum Gasteiger partial charge on any atom is 0.263 e. The molecular weight excluding hydrogens is 327 g/mol. The van der Waals surface area contributed by atoms with Crippen LogP contribution >= 0.6 is 11.3 Å². The molecule has 24 heavy (non-hydrogen) atoms. The molecule has 3 rings (SSSR count). The Morgan fingerprint density at radius 3 is 2.79 bits per heavy atom. The second-order valence-corrected chi connectivity index (χ2v) is 7.33. The van der Waals surface area contributed by atoms with Gasteiger partial charge >= 0.3 is 0 Å². The van der Waals surface area contributed by atoms with E-state index in [1.807, 2.05) is 6.07 Å². The van der Waals surface area contributed by atoms with E-state index in [0.29, 0.717) is 12.1 Å². The summed E-state index contributed by atoms with van der Waals surface area (Å²) in [5.41, 5.74) is 1.55. The third-order valence-electron chi connectivity index (χ3n) is 4.16. The van der Waals surface area contributed by atoms with Crippen LogP contribution in [0.15, 0.2) is 30.3 Å². The first-order valence-electron chi connectivity index (χ1n) is 7.83. The maximum atomic E-state index is 13.2. The normalized spacial score (nSPS) is 16.4. The predicted molar refractivity (Wildman–Crippen MR) is 92.9 cm³/mol. The van der Waals surface area contributed by atoms with E-state index in [0.717, 1.165) is 23.3 Å². The van der Waals surface area contributed by atoms with Gasteiger partial charge in [0.1, 0.15) is 5.82 Å². The molecule has 0 aliphatic heterocycles. The number of halogens is 1. The fourth-order valence-electron chi connectivity index (χ4n) is 2.88. The van der Waals surface area contributed by atoms with Crippen molar-refractivity contribution in [2.24, 2.45) is 5.92 Å². The first-order chi connectivity index (χ1) is 11.4. The molecule has 0 unspecified atom stereocenters. The third kappa shape index (κ3) is 3.48. The van der Waals surface area contributed by atoms with Crippen LogP contribution in [-0.2, 0) is 17.6 Å². The number of nitrogens with one attached hydrogen (secondary N) is 1. The molecule has 1 aliphatic rings. The van der Waals surface area contributed by atoms with Crippen LogP contribution in [0.4, 0.5) is 10.1 Å². The number of hydrogen-bond donors (Lipinski definition) is 1. The number of carbonyl (C=O) groups excluding carboxylic acids is 2. The van der Waals surface area contributed by atoms with E-state index < -0.39 is 0 Å². The Morgan fingerprint density at radius 2 is 2.08 bits per heavy atom. The minimum absolute atomic E-state index is 0.00448. The Bertz CT molecular complexity index is 785. The van der Waals surface area contributed by atoms with Gasteiger partial charge < -0.3 is 10.2 Å². The Balaban J connectivity index is 1.70. The molecule has 1 aromatic carbocycles. The van der Waals surface area contributed by atoms with E-state index in [9.17, 15) is 14.0 Å². The van der Waals surface area contributed by atoms with Crippen molar-refractivity contribution in [2.45, 2.75) is 19.3 Å². The van der Waals surface area contributed by atoms with Crippen LogP contribution in [0.25, 0.3) is 0 Å². The fourth-order valence-corrected chi connectivity index (χ4v) is 4.11. The van der Waals surface area contributed by atoms with Crippen molar-refractivity contribution in [3.05, 3.63) is 51.5 Å². The smallest absolute Gasteiger partial charge is 0.263 e. The van der Waals surface area contributed by atoms with E-state index in [4.69, 9.17) is 0 Å². The van der Waals surface area contributed by atoms with Crippen LogP contribution in [0.5, 0.6) is 0 Å². The summed E-state index contributed by atoms with van der Waals surface area (Å²) in [5.74, 6) is -0.630. The van der Waals surface area contributed by atoms with Gasteiger partial charge in [0.2, 0.25) is 5.91 Å². The molecule has 1 aliphatic carbocycles. The van der Waals surface area contributed by atoms with Crippen LogP contribution in [0, 0.1) is 11.7 Å². The summed E-state index contributed by atoms with van der Waals surface area (Å²) in [6.07, 6.45) is 2.15. The summed E-state index contributed by atoms with van der Waals surface area (Å²) >= 11 is 1.52. The molecule has 2 amide bonds. The SMILES string of the molecule is CN(C)C(=O)c1cc2c(s1)CC[C@@H](C(=O)Nc1cccc(F)c1)C2. The number of fused-ring (bicyclic) bond motifs is 1. The molecule has 6 heteroatoms. The van der Waals surface area contributed by atoms with E-state index in [1.165, 1.54) is 28.3 Å². The van der Waals surface area contributed by atoms with E-state index in [2.05, 4.69) is 5.32 Å². The average Bonchev–Trinajstić information content (AvgIpc) is 2.96. The molecule has 0 saturated carbocycles. The Labute approximate surface area is 144 Å². The molecule has 4 nitrogen and oxygen atoms in total. The van der Waals surface area contributed by atoms with Gasteiger partial charge in [-0.25, -0.2) is 4.39 Å². The predicted octanol–water partition coefficient (Wildman–Crippen LogP) is 3.33. The quantitative estimate of drug-likeness (QED) is 0.927. The number of benzene rings is 1. The van der Waals surface area contributed by atoms with Gasteiger partial charge in [0.15, 0.2) is 0 Å². The topological polar surface area (TPSA) is 49.4 Å². The van der Waals surface area contributed by atoms with Gasteiger partial charge in [-0.05, 0) is 49.1 Å². The van der Waals surface area contributed by atoms with Crippen molar-refractivity contribution < 1.29 is 14.0 Å². The molecule has 0 saturated heterocycles. The average molecular weight is 346 g/mol. The number of hydrogen-bond acceptors (Lipinski definition) is 3. The molecule has 0 radical (unpaired) electrons. The Kier molecular flexibility index (Phi) is 4.66. The standard InChI is InChI=1S/C18H19FN2O2S/c1-21(2)18(23)16-9-12-8-11(6-7-15(12)24-16)17(22)20-14-5-3-4-13(19)10-14/h3-5,9-11H,6-8H2,1-2H3,(H,20,22)/t11-/m1/s1. The number of rotatable bonds is 3. The first kappa shape index (κ1) is 16.6. The summed E-state index contributed by atoms with van der Waals surface area (Å²) in [6, 6.07) is 7.81. The number of carbonyl (C=O) groups is 2. The minimum atomic E-state index is -0.372. The minimum Gasteiger partial charge on any atom is -0.344 e. The van der Waals surface area contributed by atoms with E-state index >= 15 is 0 Å². The number of thiophene rings is 1. The maximum absolute atomic E-state index is 13.2. The number of aryl methyl sites for hydroxylation is 1. The Morgan fingerprint density at radius 1 is 1.29 bits per heavy atom. The highest BCUT2D eigenvalue weighted by atomic mass is 32.1. The van der Waals surface area contributed by atoms with Gasteiger partial charge in [0, 0.05) is 30.6 Å². The molecular formula is C18H19FN2O2S. The highest BCUT2D eigenvalue weighted by molar-refractivity contribution is 7.14. The second-order valence-electron chi connectivity index (χ2n) is 6.20. The highest BCUT2D eigenvalue weighted by Gasteiger charge is 2.27. The van der Waals surface area contributed by atoms with Crippen molar-refractivity contribution in [3.63, 3.8) is 0 Å². The zero-order valence-electron chi connectivity index (χ0n) is 13.6. The van der Waals surface area contributed by atoms with E-state index in [1.54, 1.807) is 31.1 Å². The lowest BCUT2D eigenvalue weighted by Gasteiger charge is -2.21. The largest absolute Gasteiger partial charge is 0.344 e. The summed E-state index contributed by atoms with van der Waals surface area (Å²) in [6.45, 7) is 0. The molecule has 0 fully saturated rings. The molecule has 1 N–H and O–H groups in total. The zero-order chi connectivity index (χ0) is 17.3. The van der Waals surface area contributed by atoms with Crippen LogP contribution in [0.1, 0.15) is 26.5 Å². The third-order valence-corrected chi connectivity index (χ3v) is 5.39. The van der Waals surface area contributed by atoms with Crippen LogP contribution in [-0.4, -0.2) is 30.8 Å². The van der Waals surface area contributed by atoms with Crippen LogP contribution < -0.4 is 5.32 Å². The van der Waals surface area contributed by atoms with Crippen molar-refractivity contribution >= 4 is 28.8 Å². The molecule has 1 heterocycles. The number of anilines is 1. The van der Waals surface area contributed by atoms with Gasteiger partial charge in [-0.2, -0.15) is 0 Å². The van der Waals surface area contributed by atoms with Crippen molar-refractivity contribution in [2.75, 3.05) is 19.4 Å². The molecule has 0 bridgehead atoms. The fraction of sp³-hybridized carbons (Fsp3) is 0.333. The summed E-state index contributed by atoms with van der Waals surface area (Å²) in [7, 11) is 3.46. The lowest BCUT2D eigenvalue weighted by Crippen LogP contribution is -2.27. The molecule has 1 atom stereocenters. The summed E-state index contributed by atoms with van der Waals surface area (Å²) < 4.78 is 13.2. The molecule has 126 valence electrons. The lowest BCUT2D eigenvalue weighted by atomic mass is 9.87. The molecule has 2 aromatic rings. The monoisotopic (exact) mass is 346 g/mol. The van der Waals surface area contributed by atoms with E-state index in [-0.39, 0.29) is 23.5 Å². The van der Waals surface area contributed by atoms with Gasteiger partial charge in [-0.15, -0.1) is 11.3 Å². The second kappa shape index (κ2) is 6.73. The lowest BCUT2D eigenvalue weighted by molar-refractivity contribution is -0.120. The van der Waals surface area contributed by atoms with Gasteiger partial charge in [-0.1, -0.05) is 6.07 Å². The van der Waals surface area contributed by atoms with Gasteiger partial charge in [-0.3, -0.25) is 9.59 Å². The molecule has 0 spiro atoms. The van der Waals surface area contributed by atoms with Crippen molar-refractivity contribution in [3.8, 4) is 0 Å². The van der Waals surface area contributed by atoms with Crippen LogP contribution in [0.3, 0.4) is 0 Å². The highest BCUT2D eigenvalue weighted by Crippen LogP contribution is 2.33. The zero-order valence-corrected chi connectivity index (χ0v) is 14.5. The summed E-state index contributed by atoms with van der Waals surface area (Å²) in [5, 5.41) is 2.78. The number of amides is 2. The van der Waals surface area contributed by atoms with Crippen LogP contribution in [0.2, 0.25) is 0 Å². The van der Waals surface area contributed by atoms with Gasteiger partial charge in [0.05, 0.1) is 4.88 Å². The van der Waals surface area contributed by atoms with Gasteiger partial charge in [0.25, 0.3) is 5.91 Å². The summed E-state index contributed by atoms with van der Waals surface area (Å²) in [4.78, 5) is 28.0. The van der Waals surface area contributed by atoms with Crippen molar-refractivity contribution in [1.29, 1.82) is 0 Å². The Hall–Kier alpha value is -2.21. The number of nitrogens with zero attached hydrogens (tertiary/aromatic N) is 1. The molecule has 1 aromatic heterocycles. The first-order valence-corrected chi connectivity index (χ1v) is 8.65.